The second kappa shape index (κ2) is 6.35. The topological polar surface area (TPSA) is 95.1 Å². The predicted octanol–water partition coefficient (Wildman–Crippen LogP) is 1.75. The maximum absolute atomic E-state index is 12.1. The van der Waals surface area contributed by atoms with Gasteiger partial charge < -0.3 is 15.8 Å². The van der Waals surface area contributed by atoms with Gasteiger partial charge in [0.15, 0.2) is 0 Å². The van der Waals surface area contributed by atoms with Gasteiger partial charge in [0, 0.05) is 5.69 Å². The summed E-state index contributed by atoms with van der Waals surface area (Å²) in [4.78, 5) is 15.4. The number of hydrogen-bond acceptors (Lipinski definition) is 5. The van der Waals surface area contributed by atoms with E-state index in [9.17, 15) is 13.6 Å². The van der Waals surface area contributed by atoms with Crippen molar-refractivity contribution in [3.63, 3.8) is 0 Å². The van der Waals surface area contributed by atoms with Crippen molar-refractivity contribution in [2.45, 2.75) is 13.2 Å². The molecule has 0 saturated carbocycles. The first-order chi connectivity index (χ1) is 9.94. The number of rotatable bonds is 5. The molecule has 1 aromatic carbocycles. The molecule has 1 aromatic heterocycles. The number of carbonyl (C=O) groups is 1. The molecule has 0 aliphatic rings. The Labute approximate surface area is 122 Å². The quantitative estimate of drug-likeness (QED) is 0.876. The minimum absolute atomic E-state index is 0.0434. The minimum atomic E-state index is -2.97. The number of anilines is 2. The van der Waals surface area contributed by atoms with E-state index in [-0.39, 0.29) is 23.3 Å². The van der Waals surface area contributed by atoms with E-state index >= 15 is 0 Å². The molecule has 0 aliphatic heterocycles. The van der Waals surface area contributed by atoms with E-state index in [1.54, 1.807) is 0 Å². The summed E-state index contributed by atoms with van der Waals surface area (Å²) in [6.07, 6.45) is 1.31. The lowest BCUT2D eigenvalue weighted by atomic mass is 10.3. The number of amides is 1. The summed E-state index contributed by atoms with van der Waals surface area (Å²) in [6.45, 7) is -3.07. The van der Waals surface area contributed by atoms with Gasteiger partial charge >= 0.3 is 6.61 Å². The number of benzene rings is 1. The Morgan fingerprint density at radius 1 is 1.52 bits per heavy atom. The van der Waals surface area contributed by atoms with Crippen molar-refractivity contribution in [3.05, 3.63) is 29.5 Å². The van der Waals surface area contributed by atoms with Crippen LogP contribution in [-0.2, 0) is 11.3 Å². The fourth-order valence-electron chi connectivity index (χ4n) is 1.50. The first-order valence-electron chi connectivity index (χ1n) is 5.63. The number of aromatic nitrogens is 3. The van der Waals surface area contributed by atoms with Crippen LogP contribution in [0.15, 0.2) is 24.5 Å². The van der Waals surface area contributed by atoms with Crippen LogP contribution in [0.4, 0.5) is 20.4 Å². The van der Waals surface area contributed by atoms with Gasteiger partial charge in [0.25, 0.3) is 0 Å². The van der Waals surface area contributed by atoms with E-state index < -0.39 is 12.5 Å². The van der Waals surface area contributed by atoms with Gasteiger partial charge in [0.1, 0.15) is 18.6 Å². The normalized spacial score (nSPS) is 10.7. The minimum Gasteiger partial charge on any atom is -0.433 e. The van der Waals surface area contributed by atoms with Gasteiger partial charge in [-0.3, -0.25) is 4.79 Å². The third-order valence-electron chi connectivity index (χ3n) is 2.29. The first-order valence-corrected chi connectivity index (χ1v) is 6.01. The van der Waals surface area contributed by atoms with Gasteiger partial charge in [0.05, 0.1) is 5.02 Å². The SMILES string of the molecule is Nc1ncn(CC(=O)Nc2ccc(OC(F)F)c(Cl)c2)n1. The van der Waals surface area contributed by atoms with E-state index in [0.717, 1.165) is 0 Å². The molecule has 2 rings (SSSR count). The Morgan fingerprint density at radius 2 is 2.29 bits per heavy atom. The van der Waals surface area contributed by atoms with Crippen molar-refractivity contribution in [2.75, 3.05) is 11.1 Å². The fourth-order valence-corrected chi connectivity index (χ4v) is 1.73. The number of alkyl halides is 2. The smallest absolute Gasteiger partial charge is 0.387 e. The lowest BCUT2D eigenvalue weighted by Crippen LogP contribution is -2.19. The maximum atomic E-state index is 12.1. The average molecular weight is 318 g/mol. The molecule has 2 aromatic rings. The first kappa shape index (κ1) is 15.0. The van der Waals surface area contributed by atoms with E-state index in [0.29, 0.717) is 5.69 Å². The van der Waals surface area contributed by atoms with Crippen molar-refractivity contribution in [1.29, 1.82) is 0 Å². The van der Waals surface area contributed by atoms with Gasteiger partial charge in [-0.05, 0) is 18.2 Å². The second-order valence-corrected chi connectivity index (χ2v) is 4.28. The third-order valence-corrected chi connectivity index (χ3v) is 2.59. The zero-order chi connectivity index (χ0) is 15.4. The number of ether oxygens (including phenoxy) is 1. The Bertz CT molecular complexity index is 649. The highest BCUT2D eigenvalue weighted by molar-refractivity contribution is 6.32. The Morgan fingerprint density at radius 3 is 2.86 bits per heavy atom. The molecule has 0 saturated heterocycles. The molecule has 21 heavy (non-hydrogen) atoms. The lowest BCUT2D eigenvalue weighted by molar-refractivity contribution is -0.116. The molecule has 0 spiro atoms. The van der Waals surface area contributed by atoms with Crippen LogP contribution in [0, 0.1) is 0 Å². The molecule has 0 unspecified atom stereocenters. The molecule has 0 fully saturated rings. The van der Waals surface area contributed by atoms with Gasteiger partial charge in [-0.1, -0.05) is 11.6 Å². The maximum Gasteiger partial charge on any atom is 0.387 e. The molecule has 1 heterocycles. The highest BCUT2D eigenvalue weighted by atomic mass is 35.5. The zero-order valence-electron chi connectivity index (χ0n) is 10.5. The molecular formula is C11H10ClF2N5O2. The molecule has 0 bridgehead atoms. The molecule has 0 aliphatic carbocycles. The van der Waals surface area contributed by atoms with Crippen molar-refractivity contribution in [1.82, 2.24) is 14.8 Å². The van der Waals surface area contributed by atoms with Crippen LogP contribution in [0.1, 0.15) is 0 Å². The molecule has 7 nitrogen and oxygen atoms in total. The molecule has 3 N–H and O–H groups in total. The Hall–Kier alpha value is -2.42. The van der Waals surface area contributed by atoms with E-state index in [1.165, 1.54) is 29.2 Å². The van der Waals surface area contributed by atoms with E-state index in [1.807, 2.05) is 0 Å². The number of carbonyl (C=O) groups excluding carboxylic acids is 1. The Balaban J connectivity index is 1.99. The molecule has 1 amide bonds. The monoisotopic (exact) mass is 317 g/mol. The van der Waals surface area contributed by atoms with Crippen LogP contribution in [-0.4, -0.2) is 27.3 Å². The zero-order valence-corrected chi connectivity index (χ0v) is 11.2. The van der Waals surface area contributed by atoms with Gasteiger partial charge in [-0.15, -0.1) is 5.10 Å². The van der Waals surface area contributed by atoms with Gasteiger partial charge in [-0.25, -0.2) is 9.67 Å². The van der Waals surface area contributed by atoms with Crippen molar-refractivity contribution < 1.29 is 18.3 Å². The summed E-state index contributed by atoms with van der Waals surface area (Å²) in [7, 11) is 0. The summed E-state index contributed by atoms with van der Waals surface area (Å²) < 4.78 is 29.6. The van der Waals surface area contributed by atoms with Crippen LogP contribution >= 0.6 is 11.6 Å². The van der Waals surface area contributed by atoms with Crippen molar-refractivity contribution >= 4 is 29.1 Å². The highest BCUT2D eigenvalue weighted by Gasteiger charge is 2.11. The average Bonchev–Trinajstić information content (AvgIpc) is 2.77. The van der Waals surface area contributed by atoms with Crippen molar-refractivity contribution in [3.8, 4) is 5.75 Å². The van der Waals surface area contributed by atoms with Crippen molar-refractivity contribution in [2.24, 2.45) is 0 Å². The molecule has 0 atom stereocenters. The summed E-state index contributed by atoms with van der Waals surface area (Å²) in [6, 6.07) is 3.92. The molecule has 10 heteroatoms. The number of halogens is 3. The van der Waals surface area contributed by atoms with E-state index in [4.69, 9.17) is 17.3 Å². The Kier molecular flexibility index (Phi) is 4.53. The summed E-state index contributed by atoms with van der Waals surface area (Å²) in [5.74, 6) is -0.522. The predicted molar refractivity (Wildman–Crippen MR) is 71.1 cm³/mol. The summed E-state index contributed by atoms with van der Waals surface area (Å²) in [5.41, 5.74) is 5.65. The number of hydrogen-bond donors (Lipinski definition) is 2. The number of nitrogens with zero attached hydrogens (tertiary/aromatic N) is 3. The van der Waals surface area contributed by atoms with Crippen LogP contribution in [0.2, 0.25) is 5.02 Å². The summed E-state index contributed by atoms with van der Waals surface area (Å²) in [5, 5.41) is 6.23. The number of nitrogens with one attached hydrogen (secondary N) is 1. The van der Waals surface area contributed by atoms with Gasteiger partial charge in [0.2, 0.25) is 11.9 Å². The fraction of sp³-hybridized carbons (Fsp3) is 0.182. The highest BCUT2D eigenvalue weighted by Crippen LogP contribution is 2.28. The number of nitrogen functional groups attached to an aromatic ring is 1. The van der Waals surface area contributed by atoms with Crippen LogP contribution in [0.3, 0.4) is 0 Å². The molecule has 0 radical (unpaired) electrons. The van der Waals surface area contributed by atoms with Crippen LogP contribution in [0.5, 0.6) is 5.75 Å². The van der Waals surface area contributed by atoms with Crippen LogP contribution < -0.4 is 15.8 Å². The molecule has 112 valence electrons. The lowest BCUT2D eigenvalue weighted by Gasteiger charge is -2.09. The summed E-state index contributed by atoms with van der Waals surface area (Å²) >= 11 is 5.77. The van der Waals surface area contributed by atoms with E-state index in [2.05, 4.69) is 20.1 Å². The second-order valence-electron chi connectivity index (χ2n) is 3.87. The third kappa shape index (κ3) is 4.28. The largest absolute Gasteiger partial charge is 0.433 e. The standard InChI is InChI=1S/C11H10ClF2N5O2/c12-7-3-6(1-2-8(7)21-10(13)14)17-9(20)4-19-5-16-11(15)18-19/h1-3,5,10H,4H2,(H2,15,18)(H,17,20). The van der Waals surface area contributed by atoms with Crippen LogP contribution in [0.25, 0.3) is 0 Å². The molecular weight excluding hydrogens is 308 g/mol. The van der Waals surface area contributed by atoms with Gasteiger partial charge in [-0.2, -0.15) is 8.78 Å². The number of nitrogens with two attached hydrogens (primary N) is 1.